The molecule has 0 saturated heterocycles. The average Bonchev–Trinajstić information content (AvgIpc) is 3.28. The number of rotatable bonds is 6. The first-order valence-corrected chi connectivity index (χ1v) is 11.5. The van der Waals surface area contributed by atoms with Gasteiger partial charge in [-0.15, -0.1) is 0 Å². The molecule has 0 aliphatic carbocycles. The Balaban J connectivity index is 1.44. The molecule has 0 unspecified atom stereocenters. The SMILES string of the molecule is O=C(CCn1[nH]c(=O)c2ccccc2c1=O)Nc1cccc(S(=O)(=O)NC2=NCCC2)c1. The number of carbonyl (C=O) groups is 1. The number of amides is 1. The lowest BCUT2D eigenvalue weighted by Crippen LogP contribution is -2.31. The van der Waals surface area contributed by atoms with Crippen molar-refractivity contribution in [3.63, 3.8) is 0 Å². The number of hydrogen-bond donors (Lipinski definition) is 3. The summed E-state index contributed by atoms with van der Waals surface area (Å²) in [6.45, 7) is 0.559. The molecule has 3 N–H and O–H groups in total. The van der Waals surface area contributed by atoms with E-state index in [9.17, 15) is 22.8 Å². The Hall–Kier alpha value is -3.73. The number of sulfonamides is 1. The third-order valence-corrected chi connectivity index (χ3v) is 6.38. The van der Waals surface area contributed by atoms with Gasteiger partial charge in [0.05, 0.1) is 22.2 Å². The Morgan fingerprint density at radius 2 is 1.88 bits per heavy atom. The van der Waals surface area contributed by atoms with Gasteiger partial charge in [0.2, 0.25) is 5.91 Å². The van der Waals surface area contributed by atoms with Crippen molar-refractivity contribution < 1.29 is 13.2 Å². The van der Waals surface area contributed by atoms with Crippen molar-refractivity contribution in [3.8, 4) is 0 Å². The highest BCUT2D eigenvalue weighted by Gasteiger charge is 2.19. The van der Waals surface area contributed by atoms with Crippen molar-refractivity contribution >= 4 is 38.2 Å². The Morgan fingerprint density at radius 3 is 2.62 bits per heavy atom. The Labute approximate surface area is 183 Å². The number of carbonyl (C=O) groups excluding carboxylic acids is 1. The van der Waals surface area contributed by atoms with E-state index in [1.165, 1.54) is 18.2 Å². The van der Waals surface area contributed by atoms with Crippen molar-refractivity contribution in [2.75, 3.05) is 11.9 Å². The van der Waals surface area contributed by atoms with Gasteiger partial charge in [0.15, 0.2) is 0 Å². The first kappa shape index (κ1) is 21.5. The highest BCUT2D eigenvalue weighted by molar-refractivity contribution is 7.90. The lowest BCUT2D eigenvalue weighted by molar-refractivity contribution is -0.116. The lowest BCUT2D eigenvalue weighted by Gasteiger charge is -2.11. The van der Waals surface area contributed by atoms with E-state index in [1.807, 2.05) is 0 Å². The number of H-pyrrole nitrogens is 1. The molecule has 1 aliphatic rings. The van der Waals surface area contributed by atoms with Crippen LogP contribution in [0.2, 0.25) is 0 Å². The number of fused-ring (bicyclic) bond motifs is 1. The highest BCUT2D eigenvalue weighted by atomic mass is 32.2. The normalized spacial score (nSPS) is 13.7. The Bertz CT molecular complexity index is 1440. The van der Waals surface area contributed by atoms with Crippen LogP contribution in [0.3, 0.4) is 0 Å². The summed E-state index contributed by atoms with van der Waals surface area (Å²) >= 11 is 0. The summed E-state index contributed by atoms with van der Waals surface area (Å²) in [6, 6.07) is 12.3. The number of benzene rings is 2. The van der Waals surface area contributed by atoms with Gasteiger partial charge in [-0.2, -0.15) is 0 Å². The summed E-state index contributed by atoms with van der Waals surface area (Å²) in [4.78, 5) is 41.2. The molecule has 1 aliphatic heterocycles. The third-order valence-electron chi connectivity index (χ3n) is 5.00. The molecule has 0 fully saturated rings. The molecule has 2 aromatic carbocycles. The van der Waals surface area contributed by atoms with Crippen LogP contribution in [0.25, 0.3) is 10.8 Å². The van der Waals surface area contributed by atoms with Crippen molar-refractivity contribution in [1.29, 1.82) is 0 Å². The minimum absolute atomic E-state index is 0.0000198. The predicted octanol–water partition coefficient (Wildman–Crippen LogP) is 1.19. The number of aromatic nitrogens is 2. The van der Waals surface area contributed by atoms with Gasteiger partial charge in [-0.1, -0.05) is 18.2 Å². The number of hydrogen-bond acceptors (Lipinski definition) is 6. The predicted molar refractivity (Wildman–Crippen MR) is 120 cm³/mol. The molecule has 166 valence electrons. The maximum absolute atomic E-state index is 12.5. The van der Waals surface area contributed by atoms with Crippen LogP contribution in [0.4, 0.5) is 5.69 Å². The maximum Gasteiger partial charge on any atom is 0.273 e. The van der Waals surface area contributed by atoms with Crippen molar-refractivity contribution in [2.45, 2.75) is 30.7 Å². The fourth-order valence-corrected chi connectivity index (χ4v) is 4.55. The van der Waals surface area contributed by atoms with Gasteiger partial charge in [-0.05, 0) is 36.8 Å². The molecular formula is C21H21N5O5S. The van der Waals surface area contributed by atoms with E-state index >= 15 is 0 Å². The number of nitrogens with zero attached hydrogens (tertiary/aromatic N) is 2. The van der Waals surface area contributed by atoms with E-state index < -0.39 is 27.0 Å². The minimum atomic E-state index is -3.81. The monoisotopic (exact) mass is 455 g/mol. The van der Waals surface area contributed by atoms with Gasteiger partial charge in [0, 0.05) is 25.1 Å². The van der Waals surface area contributed by atoms with Crippen LogP contribution in [0.15, 0.2) is 68.0 Å². The molecule has 3 aromatic rings. The van der Waals surface area contributed by atoms with Crippen LogP contribution in [0.5, 0.6) is 0 Å². The summed E-state index contributed by atoms with van der Waals surface area (Å²) in [7, 11) is -3.81. The zero-order valence-electron chi connectivity index (χ0n) is 17.0. The van der Waals surface area contributed by atoms with Gasteiger partial charge >= 0.3 is 0 Å². The Morgan fingerprint density at radius 1 is 1.09 bits per heavy atom. The number of aromatic amines is 1. The molecule has 1 aromatic heterocycles. The Kier molecular flexibility index (Phi) is 5.91. The van der Waals surface area contributed by atoms with Crippen LogP contribution in [0.1, 0.15) is 19.3 Å². The molecule has 0 spiro atoms. The van der Waals surface area contributed by atoms with Crippen molar-refractivity contribution in [3.05, 3.63) is 69.2 Å². The quantitative estimate of drug-likeness (QED) is 0.512. The number of amidine groups is 1. The van der Waals surface area contributed by atoms with Gasteiger partial charge in [0.1, 0.15) is 5.84 Å². The molecule has 0 atom stereocenters. The minimum Gasteiger partial charge on any atom is -0.326 e. The summed E-state index contributed by atoms with van der Waals surface area (Å²) < 4.78 is 28.6. The molecular weight excluding hydrogens is 434 g/mol. The molecule has 1 amide bonds. The van der Waals surface area contributed by atoms with Gasteiger partial charge in [-0.3, -0.25) is 29.2 Å². The second kappa shape index (κ2) is 8.79. The van der Waals surface area contributed by atoms with E-state index in [1.54, 1.807) is 30.3 Å². The summed E-state index contributed by atoms with van der Waals surface area (Å²) in [6.07, 6.45) is 1.28. The summed E-state index contributed by atoms with van der Waals surface area (Å²) in [5.41, 5.74) is -0.523. The molecule has 32 heavy (non-hydrogen) atoms. The van der Waals surface area contributed by atoms with Crippen molar-refractivity contribution in [2.24, 2.45) is 4.99 Å². The van der Waals surface area contributed by atoms with E-state index in [4.69, 9.17) is 0 Å². The summed E-state index contributed by atoms with van der Waals surface area (Å²) in [5.74, 6) is -0.0113. The van der Waals surface area contributed by atoms with E-state index in [-0.39, 0.29) is 28.6 Å². The van der Waals surface area contributed by atoms with Crippen LogP contribution in [0, 0.1) is 0 Å². The third kappa shape index (κ3) is 4.62. The van der Waals surface area contributed by atoms with Gasteiger partial charge in [0.25, 0.3) is 21.1 Å². The topological polar surface area (TPSA) is 142 Å². The molecule has 0 bridgehead atoms. The molecule has 2 heterocycles. The first-order chi connectivity index (χ1) is 15.3. The second-order valence-corrected chi connectivity index (χ2v) is 8.99. The van der Waals surface area contributed by atoms with E-state index in [2.05, 4.69) is 20.1 Å². The molecule has 0 radical (unpaired) electrons. The second-order valence-electron chi connectivity index (χ2n) is 7.31. The fourth-order valence-electron chi connectivity index (χ4n) is 3.42. The molecule has 4 rings (SSSR count). The standard InChI is InChI=1S/C21H21N5O5S/c27-19(10-12-26-21(29)17-8-2-1-7-16(17)20(28)24-26)23-14-5-3-6-15(13-14)32(30,31)25-18-9-4-11-22-18/h1-3,5-8,13H,4,9-12H2,(H,22,25)(H,23,27)(H,24,28). The van der Waals surface area contributed by atoms with E-state index in [0.717, 1.165) is 11.1 Å². The van der Waals surface area contributed by atoms with Crippen molar-refractivity contribution in [1.82, 2.24) is 14.5 Å². The smallest absolute Gasteiger partial charge is 0.273 e. The zero-order chi connectivity index (χ0) is 22.7. The van der Waals surface area contributed by atoms with Crippen LogP contribution < -0.4 is 21.2 Å². The molecule has 10 nitrogen and oxygen atoms in total. The van der Waals surface area contributed by atoms with Gasteiger partial charge < -0.3 is 5.32 Å². The highest BCUT2D eigenvalue weighted by Crippen LogP contribution is 2.16. The lowest BCUT2D eigenvalue weighted by atomic mass is 10.2. The van der Waals surface area contributed by atoms with Crippen LogP contribution in [-0.2, 0) is 21.4 Å². The fraction of sp³-hybridized carbons (Fsp3) is 0.238. The number of aryl methyl sites for hydroxylation is 1. The maximum atomic E-state index is 12.5. The number of nitrogens with one attached hydrogen (secondary N) is 3. The first-order valence-electron chi connectivity index (χ1n) is 10.0. The molecule has 11 heteroatoms. The summed E-state index contributed by atoms with van der Waals surface area (Å²) in [5, 5.41) is 5.65. The van der Waals surface area contributed by atoms with Crippen LogP contribution in [-0.4, -0.2) is 36.5 Å². The van der Waals surface area contributed by atoms with Gasteiger partial charge in [-0.25, -0.2) is 13.1 Å². The van der Waals surface area contributed by atoms with E-state index in [0.29, 0.717) is 24.5 Å². The largest absolute Gasteiger partial charge is 0.326 e. The van der Waals surface area contributed by atoms with Crippen LogP contribution >= 0.6 is 0 Å². The zero-order valence-corrected chi connectivity index (χ0v) is 17.8. The number of aliphatic imine (C=N–C) groups is 1. The molecule has 0 saturated carbocycles. The number of anilines is 1. The average molecular weight is 455 g/mol.